The molecule has 0 fully saturated rings. The second-order valence-corrected chi connectivity index (χ2v) is 3.87. The molecule has 0 radical (unpaired) electrons. The van der Waals surface area contributed by atoms with Gasteiger partial charge < -0.3 is 20.0 Å². The number of hydrogen-bond donors (Lipinski definition) is 1. The van der Waals surface area contributed by atoms with Crippen LogP contribution >= 0.6 is 0 Å². The molecule has 0 spiro atoms. The zero-order valence-electron chi connectivity index (χ0n) is 10.9. The van der Waals surface area contributed by atoms with Crippen molar-refractivity contribution in [3.8, 4) is 0 Å². The molecular weight excluding hydrogens is 270 g/mol. The fourth-order valence-corrected chi connectivity index (χ4v) is 1.47. The molecule has 0 unspecified atom stereocenters. The van der Waals surface area contributed by atoms with Gasteiger partial charge in [0.25, 0.3) is 0 Å². The fourth-order valence-electron chi connectivity index (χ4n) is 1.47. The van der Waals surface area contributed by atoms with Crippen molar-refractivity contribution in [1.29, 1.82) is 0 Å². The molecule has 9 heteroatoms. The van der Waals surface area contributed by atoms with E-state index in [1.807, 2.05) is 0 Å². The van der Waals surface area contributed by atoms with E-state index in [2.05, 4.69) is 4.98 Å². The van der Waals surface area contributed by atoms with E-state index in [1.54, 1.807) is 6.92 Å². The van der Waals surface area contributed by atoms with E-state index in [4.69, 9.17) is 9.84 Å². The molecule has 0 saturated heterocycles. The summed E-state index contributed by atoms with van der Waals surface area (Å²) in [5, 5.41) is 19.2. The third-order valence-corrected chi connectivity index (χ3v) is 2.43. The minimum atomic E-state index is -1.25. The highest BCUT2D eigenvalue weighted by atomic mass is 16.6. The van der Waals surface area contributed by atoms with Crippen LogP contribution in [0.5, 0.6) is 0 Å². The van der Waals surface area contributed by atoms with Crippen LogP contribution in [0.3, 0.4) is 0 Å². The number of carboxylic acid groups (broad SMARTS) is 1. The lowest BCUT2D eigenvalue weighted by molar-refractivity contribution is -0.392. The summed E-state index contributed by atoms with van der Waals surface area (Å²) in [6.45, 7) is 2.84. The van der Waals surface area contributed by atoms with Crippen molar-refractivity contribution in [2.75, 3.05) is 6.61 Å². The zero-order chi connectivity index (χ0) is 15.3. The molecule has 1 heterocycles. The first kappa shape index (κ1) is 15.3. The summed E-state index contributed by atoms with van der Waals surface area (Å²) in [4.78, 5) is 35.7. The van der Waals surface area contributed by atoms with Gasteiger partial charge in [-0.15, -0.1) is 0 Å². The molecular formula is C11H13N3O6. The van der Waals surface area contributed by atoms with Gasteiger partial charge in [-0.25, -0.2) is 19.1 Å². The van der Waals surface area contributed by atoms with E-state index in [1.165, 1.54) is 11.5 Å². The largest absolute Gasteiger partial charge is 0.478 e. The molecule has 0 aliphatic heterocycles. The lowest BCUT2D eigenvalue weighted by atomic mass is 10.3. The second-order valence-electron chi connectivity index (χ2n) is 3.87. The van der Waals surface area contributed by atoms with Crippen LogP contribution in [0.25, 0.3) is 0 Å². The number of esters is 1. The van der Waals surface area contributed by atoms with E-state index >= 15 is 0 Å². The Morgan fingerprint density at radius 1 is 1.60 bits per heavy atom. The van der Waals surface area contributed by atoms with E-state index in [0.717, 1.165) is 12.3 Å². The molecule has 0 aliphatic rings. The van der Waals surface area contributed by atoms with Crippen LogP contribution < -0.4 is 0 Å². The smallest absolute Gasteiger partial charge is 0.342 e. The number of carbonyl (C=O) groups is 2. The average Bonchev–Trinajstić information content (AvgIpc) is 2.70. The van der Waals surface area contributed by atoms with Crippen LogP contribution in [0, 0.1) is 17.0 Å². The number of nitrogens with zero attached hydrogens (tertiary/aromatic N) is 3. The standard InChI is InChI=1S/C11H13N3O6/c1-7(5-10(15)16)11(17)20-4-3-13-8(2)12-6-9(13)14(18)19/h5-6H,3-4H2,1-2H3,(H,15,16)/b7-5-. The van der Waals surface area contributed by atoms with Crippen molar-refractivity contribution in [3.63, 3.8) is 0 Å². The predicted molar refractivity (Wildman–Crippen MR) is 66.0 cm³/mol. The number of aromatic nitrogens is 2. The molecule has 0 amide bonds. The molecule has 0 bridgehead atoms. The Morgan fingerprint density at radius 2 is 2.25 bits per heavy atom. The summed E-state index contributed by atoms with van der Waals surface area (Å²) in [6.07, 6.45) is 1.85. The van der Waals surface area contributed by atoms with Gasteiger partial charge in [0.1, 0.15) is 19.3 Å². The average molecular weight is 283 g/mol. The number of aryl methyl sites for hydroxylation is 1. The van der Waals surface area contributed by atoms with Gasteiger partial charge in [-0.1, -0.05) is 0 Å². The number of carbonyl (C=O) groups excluding carboxylic acids is 1. The van der Waals surface area contributed by atoms with Crippen molar-refractivity contribution < 1.29 is 24.4 Å². The molecule has 0 aromatic carbocycles. The summed E-state index contributed by atoms with van der Waals surface area (Å²) in [6, 6.07) is 0. The molecule has 1 N–H and O–H groups in total. The molecule has 0 atom stereocenters. The van der Waals surface area contributed by atoms with Gasteiger partial charge in [0.05, 0.1) is 0 Å². The van der Waals surface area contributed by atoms with Crippen LogP contribution in [-0.2, 0) is 20.9 Å². The highest BCUT2D eigenvalue weighted by Crippen LogP contribution is 2.13. The van der Waals surface area contributed by atoms with Crippen molar-refractivity contribution in [2.24, 2.45) is 0 Å². The summed E-state index contributed by atoms with van der Waals surface area (Å²) in [7, 11) is 0. The number of ether oxygens (including phenoxy) is 1. The van der Waals surface area contributed by atoms with Gasteiger partial charge in [-0.2, -0.15) is 0 Å². The monoisotopic (exact) mass is 283 g/mol. The van der Waals surface area contributed by atoms with Gasteiger partial charge in [0.15, 0.2) is 5.82 Å². The van der Waals surface area contributed by atoms with Gasteiger partial charge in [0, 0.05) is 18.6 Å². The number of imidazole rings is 1. The van der Waals surface area contributed by atoms with Crippen molar-refractivity contribution >= 4 is 17.8 Å². The molecule has 1 aromatic heterocycles. The molecule has 1 aromatic rings. The van der Waals surface area contributed by atoms with Crippen LogP contribution in [0.15, 0.2) is 17.8 Å². The molecule has 20 heavy (non-hydrogen) atoms. The number of carboxylic acids is 1. The van der Waals surface area contributed by atoms with E-state index in [-0.39, 0.29) is 24.5 Å². The van der Waals surface area contributed by atoms with Gasteiger partial charge >= 0.3 is 17.8 Å². The molecule has 1 rings (SSSR count). The Hall–Kier alpha value is -2.71. The maximum atomic E-state index is 11.4. The Labute approximate surface area is 113 Å². The van der Waals surface area contributed by atoms with Crippen LogP contribution in [0.2, 0.25) is 0 Å². The third kappa shape index (κ3) is 3.90. The van der Waals surface area contributed by atoms with E-state index in [0.29, 0.717) is 5.82 Å². The summed E-state index contributed by atoms with van der Waals surface area (Å²) >= 11 is 0. The SMILES string of the molecule is C/C(=C/C(=O)O)C(=O)OCCn1c([N+](=O)[O-])cnc1C. The highest BCUT2D eigenvalue weighted by molar-refractivity contribution is 5.95. The Morgan fingerprint density at radius 3 is 2.80 bits per heavy atom. The summed E-state index contributed by atoms with van der Waals surface area (Å²) < 4.78 is 6.12. The molecule has 0 saturated carbocycles. The first-order chi connectivity index (χ1) is 9.32. The van der Waals surface area contributed by atoms with Gasteiger partial charge in [-0.3, -0.25) is 0 Å². The predicted octanol–water partition coefficient (Wildman–Crippen LogP) is 0.674. The van der Waals surface area contributed by atoms with E-state index < -0.39 is 16.9 Å². The van der Waals surface area contributed by atoms with Crippen LogP contribution in [0.4, 0.5) is 5.82 Å². The number of rotatable bonds is 6. The lowest BCUT2D eigenvalue weighted by Gasteiger charge is -2.05. The molecule has 9 nitrogen and oxygen atoms in total. The topological polar surface area (TPSA) is 125 Å². The fraction of sp³-hybridized carbons (Fsp3) is 0.364. The number of aliphatic carboxylic acids is 1. The summed E-state index contributed by atoms with van der Waals surface area (Å²) in [5.41, 5.74) is -0.0608. The molecule has 108 valence electrons. The quantitative estimate of drug-likeness (QED) is 0.352. The van der Waals surface area contributed by atoms with Crippen LogP contribution in [0.1, 0.15) is 12.7 Å². The minimum absolute atomic E-state index is 0.0608. The number of nitro groups is 1. The first-order valence-corrected chi connectivity index (χ1v) is 5.57. The van der Waals surface area contributed by atoms with Crippen molar-refractivity contribution in [3.05, 3.63) is 33.8 Å². The Kier molecular flexibility index (Phi) is 4.95. The third-order valence-electron chi connectivity index (χ3n) is 2.43. The van der Waals surface area contributed by atoms with E-state index in [9.17, 15) is 19.7 Å². The lowest BCUT2D eigenvalue weighted by Crippen LogP contribution is -2.14. The summed E-state index contributed by atoms with van der Waals surface area (Å²) in [5.74, 6) is -1.81. The Bertz CT molecular complexity index is 575. The normalized spacial score (nSPS) is 11.2. The number of hydrogen-bond acceptors (Lipinski definition) is 6. The van der Waals surface area contributed by atoms with Crippen molar-refractivity contribution in [2.45, 2.75) is 20.4 Å². The zero-order valence-corrected chi connectivity index (χ0v) is 10.9. The van der Waals surface area contributed by atoms with Crippen LogP contribution in [-0.4, -0.2) is 38.1 Å². The second kappa shape index (κ2) is 6.45. The molecule has 0 aliphatic carbocycles. The van der Waals surface area contributed by atoms with Gasteiger partial charge in [-0.05, 0) is 11.8 Å². The maximum absolute atomic E-state index is 11.4. The minimum Gasteiger partial charge on any atom is -0.478 e. The Balaban J connectivity index is 2.62. The van der Waals surface area contributed by atoms with Gasteiger partial charge in [0.2, 0.25) is 0 Å². The first-order valence-electron chi connectivity index (χ1n) is 5.57. The van der Waals surface area contributed by atoms with Crippen molar-refractivity contribution in [1.82, 2.24) is 9.55 Å². The maximum Gasteiger partial charge on any atom is 0.342 e. The highest BCUT2D eigenvalue weighted by Gasteiger charge is 2.17.